The number of piperazine rings is 2. The van der Waals surface area contributed by atoms with Gasteiger partial charge in [0.1, 0.15) is 0 Å². The van der Waals surface area contributed by atoms with Crippen molar-refractivity contribution in [2.75, 3.05) is 52.4 Å². The van der Waals surface area contributed by atoms with E-state index in [1.54, 1.807) is 18.6 Å². The van der Waals surface area contributed by atoms with Crippen molar-refractivity contribution < 1.29 is 30.8 Å². The van der Waals surface area contributed by atoms with E-state index < -0.39 is 35.0 Å². The first kappa shape index (κ1) is 42.4. The Morgan fingerprint density at radius 2 is 1.15 bits per heavy atom. The molecule has 65 heavy (non-hydrogen) atoms. The summed E-state index contributed by atoms with van der Waals surface area (Å²) in [6.45, 7) is 7.04. The number of pyridine rings is 3. The monoisotopic (exact) mass is 885 g/mol. The molecule has 0 radical (unpaired) electrons. The minimum atomic E-state index is -0.760. The number of ketones is 2. The average molecular weight is 886 g/mol. The number of aromatic nitrogens is 11. The fraction of sp³-hybridized carbons (Fsp3) is 0.250. The average Bonchev–Trinajstić information content (AvgIpc) is 4.21. The van der Waals surface area contributed by atoms with Gasteiger partial charge in [-0.05, 0) is 24.6 Å². The molecule has 21 heteroatoms. The third kappa shape index (κ3) is 8.61. The van der Waals surface area contributed by atoms with Gasteiger partial charge in [0.2, 0.25) is 0 Å². The van der Waals surface area contributed by atoms with Crippen molar-refractivity contribution in [2.45, 2.75) is 19.5 Å². The number of nitrogens with zero attached hydrogens (tertiary/aromatic N) is 13. The summed E-state index contributed by atoms with van der Waals surface area (Å²) in [5.41, 5.74) is 2.66. The zero-order chi connectivity index (χ0) is 45.0. The van der Waals surface area contributed by atoms with Crippen molar-refractivity contribution in [3.8, 4) is 11.6 Å². The molecule has 8 aromatic rings. The summed E-state index contributed by atoms with van der Waals surface area (Å²) in [6.07, 6.45) is 12.5. The summed E-state index contributed by atoms with van der Waals surface area (Å²) in [5, 5.41) is 15.2. The van der Waals surface area contributed by atoms with Crippen LogP contribution >= 0.6 is 0 Å². The molecule has 19 nitrogen and oxygen atoms in total. The van der Waals surface area contributed by atoms with Gasteiger partial charge in [0.15, 0.2) is 23.3 Å². The molecule has 1 unspecified atom stereocenters. The van der Waals surface area contributed by atoms with Gasteiger partial charge in [-0.25, -0.2) is 28.1 Å². The van der Waals surface area contributed by atoms with Gasteiger partial charge in [-0.1, -0.05) is 46.8 Å². The lowest BCUT2D eigenvalue weighted by molar-refractivity contribution is -0.128. The SMILES string of the molecule is CC(c1ccccc1)N1CCN(C(=O)C(=O)c2c[nH]c3c(-n4ccnn4)ncc(F)c23)CC1.O=C(C(=O)N1CCN(Cc2ccccn2)CC1)c1c[nH]c2c(-n3ccnn3)ncc(F)c12.[HH].[HH]. The van der Waals surface area contributed by atoms with E-state index in [1.807, 2.05) is 36.4 Å². The summed E-state index contributed by atoms with van der Waals surface area (Å²) in [7, 11) is 0. The fourth-order valence-corrected chi connectivity index (χ4v) is 8.14. The number of carbonyl (C=O) groups is 4. The van der Waals surface area contributed by atoms with Crippen LogP contribution in [0.5, 0.6) is 0 Å². The predicted octanol–water partition coefficient (Wildman–Crippen LogP) is 4.07. The van der Waals surface area contributed by atoms with Crippen LogP contribution in [0.2, 0.25) is 0 Å². The number of fused-ring (bicyclic) bond motifs is 2. The van der Waals surface area contributed by atoms with Crippen LogP contribution in [0.1, 0.15) is 47.8 Å². The van der Waals surface area contributed by atoms with Crippen molar-refractivity contribution in [1.82, 2.24) is 74.5 Å². The van der Waals surface area contributed by atoms with Crippen molar-refractivity contribution in [1.29, 1.82) is 0 Å². The first-order valence-corrected chi connectivity index (χ1v) is 20.8. The molecule has 1 atom stereocenters. The highest BCUT2D eigenvalue weighted by atomic mass is 19.1. The highest BCUT2D eigenvalue weighted by Gasteiger charge is 2.32. The lowest BCUT2D eigenvalue weighted by Gasteiger charge is -2.38. The molecule has 0 spiro atoms. The molecule has 2 saturated heterocycles. The molecule has 2 aliphatic rings. The molecular weight excluding hydrogens is 841 g/mol. The second-order valence-corrected chi connectivity index (χ2v) is 15.4. The molecule has 334 valence electrons. The molecule has 2 amide bonds. The van der Waals surface area contributed by atoms with Gasteiger partial charge < -0.3 is 19.8 Å². The smallest absolute Gasteiger partial charge is 0.295 e. The van der Waals surface area contributed by atoms with Gasteiger partial charge in [-0.3, -0.25) is 34.0 Å². The van der Waals surface area contributed by atoms with Crippen LogP contribution < -0.4 is 0 Å². The Hall–Kier alpha value is -7.91. The third-order valence-electron chi connectivity index (χ3n) is 11.6. The number of hydrogen-bond acceptors (Lipinski definition) is 13. The van der Waals surface area contributed by atoms with Crippen LogP contribution in [0, 0.1) is 11.6 Å². The fourth-order valence-electron chi connectivity index (χ4n) is 8.14. The zero-order valence-corrected chi connectivity index (χ0v) is 35.0. The van der Waals surface area contributed by atoms with E-state index in [0.29, 0.717) is 64.7 Å². The number of carbonyl (C=O) groups excluding carboxylic acids is 4. The summed E-state index contributed by atoms with van der Waals surface area (Å²) in [5.74, 6) is -3.60. The minimum absolute atomic E-state index is 0. The standard InChI is InChI=1S/C23H22FN7O2.C21H19FN8O2.2H2/c1-15(16-5-3-2-4-6-16)29-9-11-30(12-10-29)23(33)21(32)17-13-25-20-19(17)18(24)14-26-22(20)31-8-7-27-28-31;22-16-12-25-20(30-6-5-26-27-30)18-17(16)15(11-24-18)19(31)21(32)29-9-7-28(8-10-29)13-14-3-1-2-4-23-14;;/h2-8,13-15,25H,9-12H2,1H3;1-6,11-12,24H,7-10,13H2;2*1H. The molecule has 0 saturated carbocycles. The largest absolute Gasteiger partial charge is 0.357 e. The summed E-state index contributed by atoms with van der Waals surface area (Å²) < 4.78 is 32.0. The Kier molecular flexibility index (Phi) is 12.0. The number of H-pyrrole nitrogens is 2. The number of benzene rings is 1. The molecule has 2 fully saturated rings. The molecule has 0 bridgehead atoms. The van der Waals surface area contributed by atoms with E-state index in [-0.39, 0.29) is 47.6 Å². The number of Topliss-reactive ketones (excluding diaryl/α,β-unsaturated/α-hetero) is 2. The molecule has 2 aliphatic heterocycles. The topological polar surface area (TPSA) is 213 Å². The van der Waals surface area contributed by atoms with Crippen LogP contribution in [0.15, 0.2) is 104 Å². The summed E-state index contributed by atoms with van der Waals surface area (Å²) in [6, 6.07) is 16.1. The van der Waals surface area contributed by atoms with Gasteiger partial charge in [0, 0.05) is 86.4 Å². The first-order valence-electron chi connectivity index (χ1n) is 20.8. The number of amides is 2. The molecule has 1 aromatic carbocycles. The Balaban J connectivity index is 0.000000193. The normalized spacial score (nSPS) is 15.2. The van der Waals surface area contributed by atoms with E-state index in [2.05, 4.69) is 74.4 Å². The van der Waals surface area contributed by atoms with Gasteiger partial charge in [0.05, 0.1) is 75.8 Å². The highest BCUT2D eigenvalue weighted by molar-refractivity contribution is 6.45. The summed E-state index contributed by atoms with van der Waals surface area (Å²) >= 11 is 0. The maximum atomic E-state index is 14.7. The van der Waals surface area contributed by atoms with Crippen LogP contribution in [0.3, 0.4) is 0 Å². The predicted molar refractivity (Wildman–Crippen MR) is 234 cm³/mol. The molecule has 7 aromatic heterocycles. The number of aromatic amines is 2. The van der Waals surface area contributed by atoms with Gasteiger partial charge in [0.25, 0.3) is 23.4 Å². The third-order valence-corrected chi connectivity index (χ3v) is 11.6. The Morgan fingerprint density at radius 1 is 0.646 bits per heavy atom. The minimum Gasteiger partial charge on any atom is -0.357 e. The summed E-state index contributed by atoms with van der Waals surface area (Å²) in [4.78, 5) is 77.6. The lowest BCUT2D eigenvalue weighted by atomic mass is 10.1. The van der Waals surface area contributed by atoms with E-state index >= 15 is 0 Å². The van der Waals surface area contributed by atoms with Crippen LogP contribution in [-0.2, 0) is 16.1 Å². The number of nitrogens with one attached hydrogen (secondary N) is 2. The van der Waals surface area contributed by atoms with E-state index in [9.17, 15) is 28.0 Å². The van der Waals surface area contributed by atoms with Crippen LogP contribution in [0.25, 0.3) is 33.4 Å². The second-order valence-electron chi connectivity index (χ2n) is 15.4. The maximum absolute atomic E-state index is 14.7. The lowest BCUT2D eigenvalue weighted by Crippen LogP contribution is -2.51. The number of halogens is 2. The Morgan fingerprint density at radius 3 is 1.63 bits per heavy atom. The zero-order valence-electron chi connectivity index (χ0n) is 35.0. The molecule has 10 rings (SSSR count). The first-order chi connectivity index (χ1) is 31.7. The van der Waals surface area contributed by atoms with Crippen molar-refractivity contribution >= 4 is 45.2 Å². The number of hydrogen-bond donors (Lipinski definition) is 2. The van der Waals surface area contributed by atoms with Crippen molar-refractivity contribution in [3.05, 3.63) is 138 Å². The van der Waals surface area contributed by atoms with Crippen LogP contribution in [0.4, 0.5) is 8.78 Å². The molecule has 9 heterocycles. The Labute approximate surface area is 371 Å². The molecule has 0 aliphatic carbocycles. The van der Waals surface area contributed by atoms with Crippen molar-refractivity contribution in [2.24, 2.45) is 0 Å². The number of rotatable bonds is 10. The highest BCUT2D eigenvalue weighted by Crippen LogP contribution is 2.28. The van der Waals surface area contributed by atoms with Crippen molar-refractivity contribution in [3.63, 3.8) is 0 Å². The molecule has 2 N–H and O–H groups in total. The van der Waals surface area contributed by atoms with Crippen LogP contribution in [-0.4, -0.2) is 150 Å². The van der Waals surface area contributed by atoms with E-state index in [1.165, 1.54) is 49.5 Å². The second kappa shape index (κ2) is 18.4. The van der Waals surface area contributed by atoms with Gasteiger partial charge >= 0.3 is 0 Å². The van der Waals surface area contributed by atoms with E-state index in [0.717, 1.165) is 18.1 Å². The van der Waals surface area contributed by atoms with Gasteiger partial charge in [-0.2, -0.15) is 0 Å². The van der Waals surface area contributed by atoms with E-state index in [4.69, 9.17) is 0 Å². The molecular formula is C44H45F2N15O4. The Bertz CT molecular complexity index is 2980. The maximum Gasteiger partial charge on any atom is 0.295 e. The quantitative estimate of drug-likeness (QED) is 0.147. The van der Waals surface area contributed by atoms with Gasteiger partial charge in [-0.15, -0.1) is 10.2 Å².